The lowest BCUT2D eigenvalue weighted by Crippen LogP contribution is -2.00. The fraction of sp³-hybridized carbons (Fsp3) is 0. The van der Waals surface area contributed by atoms with Gasteiger partial charge in [0.25, 0.3) is 0 Å². The van der Waals surface area contributed by atoms with E-state index < -0.39 is 17.3 Å². The minimum Gasteiger partial charge on any atom is -0.235 e. The van der Waals surface area contributed by atoms with E-state index in [2.05, 4.69) is 19.8 Å². The van der Waals surface area contributed by atoms with Crippen LogP contribution < -0.4 is 0 Å². The Morgan fingerprint density at radius 1 is 0.643 bits per heavy atom. The number of hydrogen-bond acceptors (Lipinski definition) is 3. The quantitative estimate of drug-likeness (QED) is 0.434. The minimum absolute atomic E-state index is 0.163. The van der Waals surface area contributed by atoms with Crippen molar-refractivity contribution in [1.82, 2.24) is 15.0 Å². The Morgan fingerprint density at radius 3 is 1.57 bits per heavy atom. The molecule has 0 N–H and O–H groups in total. The van der Waals surface area contributed by atoms with Crippen LogP contribution in [0.2, 0.25) is 0 Å². The van der Waals surface area contributed by atoms with Gasteiger partial charge in [-0.1, -0.05) is 60.7 Å². The lowest BCUT2D eigenvalue weighted by Gasteiger charge is -2.09. The van der Waals surface area contributed by atoms with E-state index in [1.54, 1.807) is 0 Å². The van der Waals surface area contributed by atoms with Crippen molar-refractivity contribution < 1.29 is 8.78 Å². The smallest absolute Gasteiger partial charge is 0.225 e. The topological polar surface area (TPSA) is 43.0 Å². The monoisotopic (exact) mass is 370 g/mol. The van der Waals surface area contributed by atoms with Gasteiger partial charge in [-0.2, -0.15) is 0 Å². The summed E-state index contributed by atoms with van der Waals surface area (Å²) in [6, 6.07) is 20.8. The molecule has 0 atom stereocenters. The van der Waals surface area contributed by atoms with E-state index in [0.29, 0.717) is 11.6 Å². The summed E-state index contributed by atoms with van der Waals surface area (Å²) in [4.78, 5) is 16.4. The fourth-order valence-electron chi connectivity index (χ4n) is 2.72. The van der Waals surface area contributed by atoms with Gasteiger partial charge in [-0.15, -0.1) is 0 Å². The van der Waals surface area contributed by atoms with E-state index in [-0.39, 0.29) is 11.4 Å². The zero-order valence-electron chi connectivity index (χ0n) is 14.5. The molecule has 3 aromatic carbocycles. The Balaban J connectivity index is 1.95. The Morgan fingerprint density at radius 2 is 1.11 bits per heavy atom. The normalized spacial score (nSPS) is 10.5. The Labute approximate surface area is 160 Å². The lowest BCUT2D eigenvalue weighted by atomic mass is 10.1. The predicted molar refractivity (Wildman–Crippen MR) is 102 cm³/mol. The van der Waals surface area contributed by atoms with Crippen molar-refractivity contribution in [3.05, 3.63) is 95.8 Å². The summed E-state index contributed by atoms with van der Waals surface area (Å²) in [6.45, 7) is 7.06. The molecule has 1 aromatic heterocycles. The number of rotatable bonds is 3. The van der Waals surface area contributed by atoms with Gasteiger partial charge in [0.1, 0.15) is 5.82 Å². The molecule has 4 aromatic rings. The van der Waals surface area contributed by atoms with Gasteiger partial charge in [-0.05, 0) is 12.1 Å². The van der Waals surface area contributed by atoms with E-state index in [1.165, 1.54) is 6.07 Å². The highest BCUT2D eigenvalue weighted by atomic mass is 19.2. The SMILES string of the molecule is [C-]#[N+]c1cc(-c2nc(-c3ccccc3)nc(-c3ccccc3)n2)cc(F)c1F. The molecule has 0 saturated heterocycles. The molecule has 0 spiro atoms. The van der Waals surface area contributed by atoms with Crippen LogP contribution in [0.1, 0.15) is 0 Å². The van der Waals surface area contributed by atoms with Crippen LogP contribution in [0.3, 0.4) is 0 Å². The maximum absolute atomic E-state index is 14.0. The van der Waals surface area contributed by atoms with Crippen LogP contribution in [-0.4, -0.2) is 15.0 Å². The average molecular weight is 370 g/mol. The van der Waals surface area contributed by atoms with Crippen molar-refractivity contribution in [2.45, 2.75) is 0 Å². The Bertz CT molecular complexity index is 1130. The molecule has 0 saturated carbocycles. The lowest BCUT2D eigenvalue weighted by molar-refractivity contribution is 0.513. The third kappa shape index (κ3) is 3.33. The summed E-state index contributed by atoms with van der Waals surface area (Å²) in [5, 5.41) is 0. The van der Waals surface area contributed by atoms with Gasteiger partial charge < -0.3 is 0 Å². The molecule has 4 nitrogen and oxygen atoms in total. The molecule has 0 aliphatic heterocycles. The highest BCUT2D eigenvalue weighted by Crippen LogP contribution is 2.29. The van der Waals surface area contributed by atoms with Crippen LogP contribution in [0.15, 0.2) is 72.8 Å². The first kappa shape index (κ1) is 17.4. The number of benzene rings is 3. The van der Waals surface area contributed by atoms with Crippen molar-refractivity contribution in [2.24, 2.45) is 0 Å². The first-order chi connectivity index (χ1) is 13.7. The van der Waals surface area contributed by atoms with Crippen molar-refractivity contribution in [3.8, 4) is 34.2 Å². The van der Waals surface area contributed by atoms with Crippen molar-refractivity contribution in [2.75, 3.05) is 0 Å². The van der Waals surface area contributed by atoms with Crippen LogP contribution in [-0.2, 0) is 0 Å². The Kier molecular flexibility index (Phi) is 4.56. The summed E-state index contributed by atoms with van der Waals surface area (Å²) in [5.74, 6) is -1.33. The van der Waals surface area contributed by atoms with Gasteiger partial charge in [0.15, 0.2) is 23.3 Å². The molecule has 0 aliphatic carbocycles. The highest BCUT2D eigenvalue weighted by Gasteiger charge is 2.16. The zero-order valence-corrected chi connectivity index (χ0v) is 14.5. The van der Waals surface area contributed by atoms with E-state index in [4.69, 9.17) is 6.57 Å². The van der Waals surface area contributed by atoms with Crippen molar-refractivity contribution >= 4 is 5.69 Å². The second-order valence-corrected chi connectivity index (χ2v) is 5.94. The molecule has 6 heteroatoms. The Hall–Kier alpha value is -3.98. The standard InChI is InChI=1S/C22H12F2N4/c1-25-18-13-16(12-17(23)19(18)24)22-27-20(14-8-4-2-5-9-14)26-21(28-22)15-10-6-3-7-11-15/h2-13H. The number of hydrogen-bond donors (Lipinski definition) is 0. The third-order valence-corrected chi connectivity index (χ3v) is 4.09. The first-order valence-electron chi connectivity index (χ1n) is 8.39. The first-order valence-corrected chi connectivity index (χ1v) is 8.39. The fourth-order valence-corrected chi connectivity index (χ4v) is 2.72. The van der Waals surface area contributed by atoms with E-state index >= 15 is 0 Å². The van der Waals surface area contributed by atoms with E-state index in [0.717, 1.165) is 17.2 Å². The molecular formula is C22H12F2N4. The molecule has 1 heterocycles. The van der Waals surface area contributed by atoms with Gasteiger partial charge in [-0.3, -0.25) is 0 Å². The van der Waals surface area contributed by atoms with Gasteiger partial charge in [0, 0.05) is 16.7 Å². The van der Waals surface area contributed by atoms with Gasteiger partial charge in [0.2, 0.25) is 5.69 Å². The second kappa shape index (κ2) is 7.33. The highest BCUT2D eigenvalue weighted by molar-refractivity contribution is 5.69. The molecule has 0 bridgehead atoms. The van der Waals surface area contributed by atoms with Crippen LogP contribution in [0.5, 0.6) is 0 Å². The summed E-state index contributed by atoms with van der Waals surface area (Å²) < 4.78 is 27.7. The summed E-state index contributed by atoms with van der Waals surface area (Å²) in [6.07, 6.45) is 0. The largest absolute Gasteiger partial charge is 0.235 e. The summed E-state index contributed by atoms with van der Waals surface area (Å²) in [7, 11) is 0. The maximum atomic E-state index is 14.0. The van der Waals surface area contributed by atoms with Crippen molar-refractivity contribution in [1.29, 1.82) is 0 Å². The predicted octanol–water partition coefficient (Wildman–Crippen LogP) is 5.70. The molecular weight excluding hydrogens is 358 g/mol. The minimum atomic E-state index is -1.18. The van der Waals surface area contributed by atoms with Crippen LogP contribution in [0.4, 0.5) is 14.5 Å². The van der Waals surface area contributed by atoms with Crippen LogP contribution in [0, 0.1) is 18.2 Å². The summed E-state index contributed by atoms with van der Waals surface area (Å²) >= 11 is 0. The van der Waals surface area contributed by atoms with Gasteiger partial charge in [-0.25, -0.2) is 28.6 Å². The molecule has 134 valence electrons. The third-order valence-electron chi connectivity index (χ3n) is 4.09. The molecule has 0 radical (unpaired) electrons. The number of nitrogens with zero attached hydrogens (tertiary/aromatic N) is 4. The number of halogens is 2. The average Bonchev–Trinajstić information content (AvgIpc) is 2.76. The molecule has 0 fully saturated rings. The second-order valence-electron chi connectivity index (χ2n) is 5.94. The van der Waals surface area contributed by atoms with Gasteiger partial charge in [0.05, 0.1) is 6.57 Å². The van der Waals surface area contributed by atoms with E-state index in [9.17, 15) is 8.78 Å². The molecule has 0 aliphatic rings. The molecule has 4 rings (SSSR count). The maximum Gasteiger partial charge on any atom is 0.225 e. The molecule has 0 unspecified atom stereocenters. The van der Waals surface area contributed by atoms with Crippen LogP contribution in [0.25, 0.3) is 39.0 Å². The van der Waals surface area contributed by atoms with Gasteiger partial charge >= 0.3 is 0 Å². The molecule has 0 amide bonds. The number of aromatic nitrogens is 3. The van der Waals surface area contributed by atoms with Crippen molar-refractivity contribution in [3.63, 3.8) is 0 Å². The molecule has 28 heavy (non-hydrogen) atoms. The van der Waals surface area contributed by atoms with Crippen LogP contribution >= 0.6 is 0 Å². The zero-order chi connectivity index (χ0) is 19.5. The summed E-state index contributed by atoms with van der Waals surface area (Å²) in [5.41, 5.74) is 1.31. The van der Waals surface area contributed by atoms with E-state index in [1.807, 2.05) is 60.7 Å².